The minimum absolute atomic E-state index is 0.0284. The molecule has 2 rings (SSSR count). The van der Waals surface area contributed by atoms with E-state index in [1.54, 1.807) is 0 Å². The molecule has 0 saturated carbocycles. The zero-order valence-electron chi connectivity index (χ0n) is 10.7. The Morgan fingerprint density at radius 3 is 2.74 bits per heavy atom. The van der Waals surface area contributed by atoms with E-state index in [9.17, 15) is 4.79 Å². The fourth-order valence-electron chi connectivity index (χ4n) is 2.07. The normalized spacial score (nSPS) is 18.1. The summed E-state index contributed by atoms with van der Waals surface area (Å²) in [5, 5.41) is 6.26. The Morgan fingerprint density at radius 1 is 1.37 bits per heavy atom. The Labute approximate surface area is 130 Å². The van der Waals surface area contributed by atoms with Crippen LogP contribution in [0.5, 0.6) is 0 Å². The number of amides is 1. The molecular formula is C13H17Br2N3O. The summed E-state index contributed by atoms with van der Waals surface area (Å²) in [5.41, 5.74) is 0.793. The number of hydrogen-bond donors (Lipinski definition) is 2. The fourth-order valence-corrected chi connectivity index (χ4v) is 2.77. The highest BCUT2D eigenvalue weighted by Crippen LogP contribution is 2.26. The summed E-state index contributed by atoms with van der Waals surface area (Å²) in [6.45, 7) is 5.66. The summed E-state index contributed by atoms with van der Waals surface area (Å²) in [6.07, 6.45) is 0. The van der Waals surface area contributed by atoms with Crippen LogP contribution in [-0.4, -0.2) is 43.0 Å². The molecule has 1 heterocycles. The number of benzene rings is 1. The molecule has 1 aliphatic heterocycles. The van der Waals surface area contributed by atoms with E-state index in [4.69, 9.17) is 0 Å². The first-order valence-corrected chi connectivity index (χ1v) is 7.87. The lowest BCUT2D eigenvalue weighted by molar-refractivity contribution is -0.120. The van der Waals surface area contributed by atoms with Gasteiger partial charge < -0.3 is 10.6 Å². The van der Waals surface area contributed by atoms with Crippen molar-refractivity contribution in [2.75, 3.05) is 31.5 Å². The van der Waals surface area contributed by atoms with Gasteiger partial charge in [-0.25, -0.2) is 0 Å². The van der Waals surface area contributed by atoms with Gasteiger partial charge in [0.25, 0.3) is 0 Å². The highest BCUT2D eigenvalue weighted by Gasteiger charge is 2.23. The van der Waals surface area contributed by atoms with Crippen molar-refractivity contribution < 1.29 is 4.79 Å². The van der Waals surface area contributed by atoms with E-state index in [1.165, 1.54) is 0 Å². The Kier molecular flexibility index (Phi) is 5.38. The van der Waals surface area contributed by atoms with E-state index in [-0.39, 0.29) is 11.9 Å². The van der Waals surface area contributed by atoms with E-state index >= 15 is 0 Å². The van der Waals surface area contributed by atoms with Crippen molar-refractivity contribution >= 4 is 43.5 Å². The number of rotatable bonds is 3. The zero-order valence-corrected chi connectivity index (χ0v) is 13.9. The Balaban J connectivity index is 2.01. The SMILES string of the molecule is CC(C(=O)Nc1cc(Br)ccc1Br)N1CCNCC1. The number of piperazine rings is 1. The summed E-state index contributed by atoms with van der Waals surface area (Å²) in [6, 6.07) is 5.62. The van der Waals surface area contributed by atoms with E-state index in [1.807, 2.05) is 25.1 Å². The molecule has 1 amide bonds. The average Bonchev–Trinajstić information content (AvgIpc) is 2.43. The fraction of sp³-hybridized carbons (Fsp3) is 0.462. The van der Waals surface area contributed by atoms with Gasteiger partial charge in [0, 0.05) is 35.1 Å². The van der Waals surface area contributed by atoms with Crippen molar-refractivity contribution in [1.29, 1.82) is 0 Å². The highest BCUT2D eigenvalue weighted by molar-refractivity contribution is 9.11. The van der Waals surface area contributed by atoms with Crippen LogP contribution in [0, 0.1) is 0 Å². The Morgan fingerprint density at radius 2 is 2.05 bits per heavy atom. The molecule has 1 aromatic carbocycles. The van der Waals surface area contributed by atoms with Gasteiger partial charge in [-0.15, -0.1) is 0 Å². The van der Waals surface area contributed by atoms with Crippen molar-refractivity contribution in [2.24, 2.45) is 0 Å². The van der Waals surface area contributed by atoms with Crippen molar-refractivity contribution in [1.82, 2.24) is 10.2 Å². The molecule has 1 aliphatic rings. The van der Waals surface area contributed by atoms with Gasteiger partial charge in [0.05, 0.1) is 11.7 Å². The van der Waals surface area contributed by atoms with E-state index in [2.05, 4.69) is 47.4 Å². The Hall–Kier alpha value is -0.430. The van der Waals surface area contributed by atoms with Crippen LogP contribution >= 0.6 is 31.9 Å². The maximum atomic E-state index is 12.3. The van der Waals surface area contributed by atoms with Gasteiger partial charge in [0.1, 0.15) is 0 Å². The van der Waals surface area contributed by atoms with Crippen LogP contribution in [0.4, 0.5) is 5.69 Å². The summed E-state index contributed by atoms with van der Waals surface area (Å²) in [4.78, 5) is 14.5. The third-order valence-electron chi connectivity index (χ3n) is 3.27. The quantitative estimate of drug-likeness (QED) is 0.833. The first-order chi connectivity index (χ1) is 9.08. The molecule has 1 unspecified atom stereocenters. The van der Waals surface area contributed by atoms with Crippen LogP contribution in [0.3, 0.4) is 0 Å². The summed E-state index contributed by atoms with van der Waals surface area (Å²) in [5.74, 6) is 0.0284. The second-order valence-electron chi connectivity index (χ2n) is 4.58. The van der Waals surface area contributed by atoms with Crippen LogP contribution in [0.25, 0.3) is 0 Å². The minimum Gasteiger partial charge on any atom is -0.324 e. The largest absolute Gasteiger partial charge is 0.324 e. The number of carbonyl (C=O) groups excluding carboxylic acids is 1. The molecule has 1 aromatic rings. The van der Waals surface area contributed by atoms with Gasteiger partial charge in [-0.3, -0.25) is 9.69 Å². The van der Waals surface area contributed by atoms with E-state index in [0.29, 0.717) is 0 Å². The van der Waals surface area contributed by atoms with Crippen molar-refractivity contribution in [3.63, 3.8) is 0 Å². The molecule has 0 spiro atoms. The highest BCUT2D eigenvalue weighted by atomic mass is 79.9. The summed E-state index contributed by atoms with van der Waals surface area (Å²) < 4.78 is 1.83. The number of hydrogen-bond acceptors (Lipinski definition) is 3. The lowest BCUT2D eigenvalue weighted by Crippen LogP contribution is -2.51. The lowest BCUT2D eigenvalue weighted by atomic mass is 10.2. The average molecular weight is 391 g/mol. The smallest absolute Gasteiger partial charge is 0.241 e. The van der Waals surface area contributed by atoms with Gasteiger partial charge in [0.15, 0.2) is 0 Å². The first kappa shape index (κ1) is 15.0. The van der Waals surface area contributed by atoms with E-state index < -0.39 is 0 Å². The van der Waals surface area contributed by atoms with Crippen molar-refractivity contribution in [3.8, 4) is 0 Å². The standard InChI is InChI=1S/C13H17Br2N3O/c1-9(18-6-4-16-5-7-18)13(19)17-12-8-10(14)2-3-11(12)15/h2-3,8-9,16H,4-7H2,1H3,(H,17,19). The molecule has 104 valence electrons. The molecule has 6 heteroatoms. The van der Waals surface area contributed by atoms with Gasteiger partial charge in [-0.1, -0.05) is 15.9 Å². The number of carbonyl (C=O) groups is 1. The number of halogens is 2. The maximum absolute atomic E-state index is 12.3. The van der Waals surface area contributed by atoms with Gasteiger partial charge >= 0.3 is 0 Å². The summed E-state index contributed by atoms with van der Waals surface area (Å²) in [7, 11) is 0. The molecule has 0 bridgehead atoms. The van der Waals surface area contributed by atoms with Gasteiger partial charge in [-0.2, -0.15) is 0 Å². The number of anilines is 1. The molecule has 1 saturated heterocycles. The maximum Gasteiger partial charge on any atom is 0.241 e. The number of nitrogens with zero attached hydrogens (tertiary/aromatic N) is 1. The van der Waals surface area contributed by atoms with Crippen LogP contribution in [0.1, 0.15) is 6.92 Å². The predicted octanol–water partition coefficient (Wildman–Crippen LogP) is 2.44. The van der Waals surface area contributed by atoms with Gasteiger partial charge in [0.2, 0.25) is 5.91 Å². The molecule has 0 aromatic heterocycles. The van der Waals surface area contributed by atoms with Crippen LogP contribution in [0.15, 0.2) is 27.1 Å². The molecule has 0 radical (unpaired) electrons. The molecule has 1 fully saturated rings. The molecule has 1 atom stereocenters. The second-order valence-corrected chi connectivity index (χ2v) is 6.35. The van der Waals surface area contributed by atoms with Gasteiger partial charge in [-0.05, 0) is 41.1 Å². The monoisotopic (exact) mass is 389 g/mol. The Bertz CT molecular complexity index is 461. The van der Waals surface area contributed by atoms with E-state index in [0.717, 1.165) is 40.8 Å². The third kappa shape index (κ3) is 4.02. The van der Waals surface area contributed by atoms with Crippen LogP contribution in [-0.2, 0) is 4.79 Å². The first-order valence-electron chi connectivity index (χ1n) is 6.28. The number of nitrogens with one attached hydrogen (secondary N) is 2. The topological polar surface area (TPSA) is 44.4 Å². The molecule has 4 nitrogen and oxygen atoms in total. The summed E-state index contributed by atoms with van der Waals surface area (Å²) >= 11 is 6.85. The molecule has 0 aliphatic carbocycles. The van der Waals surface area contributed by atoms with Crippen molar-refractivity contribution in [2.45, 2.75) is 13.0 Å². The second kappa shape index (κ2) is 6.83. The predicted molar refractivity (Wildman–Crippen MR) is 84.4 cm³/mol. The lowest BCUT2D eigenvalue weighted by Gasteiger charge is -2.31. The van der Waals surface area contributed by atoms with Crippen LogP contribution < -0.4 is 10.6 Å². The third-order valence-corrected chi connectivity index (χ3v) is 4.45. The molecule has 2 N–H and O–H groups in total. The van der Waals surface area contributed by atoms with Crippen LogP contribution in [0.2, 0.25) is 0 Å². The zero-order chi connectivity index (χ0) is 13.8. The molecule has 19 heavy (non-hydrogen) atoms. The minimum atomic E-state index is -0.118. The van der Waals surface area contributed by atoms with Crippen molar-refractivity contribution in [3.05, 3.63) is 27.1 Å². The molecular weight excluding hydrogens is 374 g/mol.